The maximum atomic E-state index is 13.8. The zero-order valence-corrected chi connectivity index (χ0v) is 26.2. The van der Waals surface area contributed by atoms with Crippen LogP contribution in [0.25, 0.3) is 16.5 Å². The molecule has 0 bridgehead atoms. The Balaban J connectivity index is 1.43. The van der Waals surface area contributed by atoms with Gasteiger partial charge in [-0.05, 0) is 96.4 Å². The number of aryl methyl sites for hydroxylation is 3. The van der Waals surface area contributed by atoms with E-state index in [2.05, 4.69) is 135 Å². The monoisotopic (exact) mass is 594 g/mol. The van der Waals surface area contributed by atoms with E-state index < -0.39 is 5.41 Å². The van der Waals surface area contributed by atoms with E-state index in [0.29, 0.717) is 5.39 Å². The summed E-state index contributed by atoms with van der Waals surface area (Å²) in [6.07, 6.45) is 1.96. The Hall–Kier alpha value is -5.67. The normalized spacial score (nSPS) is 13.3. The number of fused-ring (bicyclic) bond motifs is 3. The molecule has 1 aliphatic rings. The summed E-state index contributed by atoms with van der Waals surface area (Å²) in [4.78, 5) is 16.2. The van der Waals surface area contributed by atoms with Gasteiger partial charge in [-0.25, -0.2) is 0 Å². The maximum absolute atomic E-state index is 13.8. The first-order valence-corrected chi connectivity index (χ1v) is 15.8. The molecular weight excluding hydrogens is 560 g/mol. The molecule has 0 unspecified atom stereocenters. The molecule has 7 aromatic rings. The van der Waals surface area contributed by atoms with Gasteiger partial charge in [0.2, 0.25) is 0 Å². The molecule has 0 N–H and O–H groups in total. The molecule has 2 heterocycles. The molecule has 3 heteroatoms. The Bertz CT molecular complexity index is 2210. The standard InChI is InChI=1S/C43H34N2O/c1-29-19-23-40-38(25-29)43(32-13-7-4-8-14-32,33-15-9-5-10-16-33)39-26-30(2)20-24-41(39)45(40)35-21-22-36-37(27-35)31(3)28-44(42(36)46)34-17-11-6-12-18-34/h4-28H,1-3H3. The van der Waals surface area contributed by atoms with E-state index >= 15 is 0 Å². The highest BCUT2D eigenvalue weighted by molar-refractivity contribution is 5.94. The lowest BCUT2D eigenvalue weighted by molar-refractivity contribution is 0.729. The minimum Gasteiger partial charge on any atom is -0.310 e. The first-order valence-electron chi connectivity index (χ1n) is 15.8. The lowest BCUT2D eigenvalue weighted by Gasteiger charge is -2.47. The number of rotatable bonds is 4. The van der Waals surface area contributed by atoms with E-state index in [9.17, 15) is 4.79 Å². The lowest BCUT2D eigenvalue weighted by atomic mass is 9.62. The molecule has 0 fully saturated rings. The third kappa shape index (κ3) is 4.16. The third-order valence-electron chi connectivity index (χ3n) is 9.50. The number of para-hydroxylation sites is 1. The van der Waals surface area contributed by atoms with Crippen LogP contribution >= 0.6 is 0 Å². The molecule has 0 saturated carbocycles. The van der Waals surface area contributed by atoms with Crippen molar-refractivity contribution in [3.63, 3.8) is 0 Å². The van der Waals surface area contributed by atoms with Crippen molar-refractivity contribution in [2.75, 3.05) is 4.90 Å². The fourth-order valence-corrected chi connectivity index (χ4v) is 7.42. The van der Waals surface area contributed by atoms with Gasteiger partial charge in [-0.3, -0.25) is 9.36 Å². The van der Waals surface area contributed by atoms with Gasteiger partial charge in [0.15, 0.2) is 0 Å². The molecule has 0 atom stereocenters. The number of hydrogen-bond acceptors (Lipinski definition) is 2. The second-order valence-corrected chi connectivity index (χ2v) is 12.4. The van der Waals surface area contributed by atoms with Crippen molar-refractivity contribution >= 4 is 27.8 Å². The molecule has 8 rings (SSSR count). The fourth-order valence-electron chi connectivity index (χ4n) is 7.42. The Labute approximate surface area is 269 Å². The third-order valence-corrected chi connectivity index (χ3v) is 9.50. The summed E-state index contributed by atoms with van der Waals surface area (Å²) in [5.74, 6) is 0. The zero-order valence-electron chi connectivity index (χ0n) is 26.2. The highest BCUT2D eigenvalue weighted by atomic mass is 16.1. The largest absolute Gasteiger partial charge is 0.310 e. The molecule has 0 amide bonds. The van der Waals surface area contributed by atoms with Gasteiger partial charge in [-0.15, -0.1) is 0 Å². The SMILES string of the molecule is Cc1ccc2c(c1)C(c1ccccc1)(c1ccccc1)c1cc(C)ccc1N2c1ccc2c(=O)n(-c3ccccc3)cc(C)c2c1. The second-order valence-electron chi connectivity index (χ2n) is 12.4. The number of pyridine rings is 1. The Kier molecular flexibility index (Phi) is 6.51. The van der Waals surface area contributed by atoms with Crippen molar-refractivity contribution in [1.82, 2.24) is 4.57 Å². The first kappa shape index (κ1) is 27.8. The summed E-state index contributed by atoms with van der Waals surface area (Å²) in [7, 11) is 0. The topological polar surface area (TPSA) is 25.2 Å². The number of aromatic nitrogens is 1. The Morgan fingerprint density at radius 3 is 1.57 bits per heavy atom. The Morgan fingerprint density at radius 2 is 1.02 bits per heavy atom. The Morgan fingerprint density at radius 1 is 0.500 bits per heavy atom. The first-order chi connectivity index (χ1) is 22.5. The quantitative estimate of drug-likeness (QED) is 0.203. The van der Waals surface area contributed by atoms with Gasteiger partial charge in [0.1, 0.15) is 0 Å². The molecule has 222 valence electrons. The molecule has 6 aromatic carbocycles. The van der Waals surface area contributed by atoms with Crippen molar-refractivity contribution in [1.29, 1.82) is 0 Å². The van der Waals surface area contributed by atoms with Crippen LogP contribution in [0.5, 0.6) is 0 Å². The van der Waals surface area contributed by atoms with Crippen molar-refractivity contribution in [2.24, 2.45) is 0 Å². The van der Waals surface area contributed by atoms with Crippen molar-refractivity contribution in [2.45, 2.75) is 26.2 Å². The minimum absolute atomic E-state index is 0.0174. The van der Waals surface area contributed by atoms with Gasteiger partial charge in [-0.2, -0.15) is 0 Å². The number of hydrogen-bond donors (Lipinski definition) is 0. The molecule has 1 aliphatic heterocycles. The molecule has 1 aromatic heterocycles. The van der Waals surface area contributed by atoms with Gasteiger partial charge in [0, 0.05) is 23.0 Å². The summed E-state index contributed by atoms with van der Waals surface area (Å²) in [6, 6.07) is 51.6. The maximum Gasteiger partial charge on any atom is 0.262 e. The van der Waals surface area contributed by atoms with Crippen LogP contribution in [0, 0.1) is 20.8 Å². The number of anilines is 3. The zero-order chi connectivity index (χ0) is 31.4. The van der Waals surface area contributed by atoms with Gasteiger partial charge >= 0.3 is 0 Å². The van der Waals surface area contributed by atoms with Crippen LogP contribution in [0.4, 0.5) is 17.1 Å². The molecule has 0 radical (unpaired) electrons. The smallest absolute Gasteiger partial charge is 0.262 e. The summed E-state index contributed by atoms with van der Waals surface area (Å²) < 4.78 is 1.75. The van der Waals surface area contributed by atoms with Crippen molar-refractivity contribution < 1.29 is 0 Å². The molecular formula is C43H34N2O. The van der Waals surface area contributed by atoms with Crippen LogP contribution in [0.15, 0.2) is 157 Å². The highest BCUT2D eigenvalue weighted by Gasteiger charge is 2.46. The summed E-state index contributed by atoms with van der Waals surface area (Å²) >= 11 is 0. The lowest BCUT2D eigenvalue weighted by Crippen LogP contribution is -2.38. The number of nitrogens with zero attached hydrogens (tertiary/aromatic N) is 2. The fraction of sp³-hybridized carbons (Fsp3) is 0.0930. The van der Waals surface area contributed by atoms with E-state index in [1.165, 1.54) is 33.4 Å². The van der Waals surface area contributed by atoms with Crippen LogP contribution in [0.1, 0.15) is 38.9 Å². The average molecular weight is 595 g/mol. The molecule has 46 heavy (non-hydrogen) atoms. The summed E-state index contributed by atoms with van der Waals surface area (Å²) in [5, 5.41) is 1.67. The van der Waals surface area contributed by atoms with Crippen LogP contribution in [0.3, 0.4) is 0 Å². The van der Waals surface area contributed by atoms with Crippen LogP contribution in [-0.2, 0) is 5.41 Å². The average Bonchev–Trinajstić information content (AvgIpc) is 3.10. The van der Waals surface area contributed by atoms with Gasteiger partial charge in [-0.1, -0.05) is 114 Å². The number of benzene rings is 6. The van der Waals surface area contributed by atoms with E-state index in [1.54, 1.807) is 4.57 Å². The predicted molar refractivity (Wildman–Crippen MR) is 190 cm³/mol. The van der Waals surface area contributed by atoms with Crippen LogP contribution in [-0.4, -0.2) is 4.57 Å². The van der Waals surface area contributed by atoms with E-state index in [4.69, 9.17) is 0 Å². The van der Waals surface area contributed by atoms with Gasteiger partial charge in [0.25, 0.3) is 5.56 Å². The summed E-state index contributed by atoms with van der Waals surface area (Å²) in [5.41, 5.74) is 12.0. The van der Waals surface area contributed by atoms with Crippen LogP contribution in [0.2, 0.25) is 0 Å². The van der Waals surface area contributed by atoms with Gasteiger partial charge < -0.3 is 4.90 Å². The highest BCUT2D eigenvalue weighted by Crippen LogP contribution is 2.58. The van der Waals surface area contributed by atoms with Crippen molar-refractivity contribution in [3.8, 4) is 5.69 Å². The van der Waals surface area contributed by atoms with Gasteiger partial charge in [0.05, 0.1) is 16.8 Å². The van der Waals surface area contributed by atoms with E-state index in [-0.39, 0.29) is 5.56 Å². The molecule has 0 spiro atoms. The second kappa shape index (κ2) is 10.7. The molecule has 3 nitrogen and oxygen atoms in total. The predicted octanol–water partition coefficient (Wildman–Crippen LogP) is 10.1. The molecule has 0 saturated heterocycles. The van der Waals surface area contributed by atoms with Crippen molar-refractivity contribution in [3.05, 3.63) is 201 Å². The van der Waals surface area contributed by atoms with Crippen LogP contribution < -0.4 is 10.5 Å². The summed E-state index contributed by atoms with van der Waals surface area (Å²) in [6.45, 7) is 6.44. The van der Waals surface area contributed by atoms with E-state index in [1.807, 2.05) is 42.6 Å². The van der Waals surface area contributed by atoms with E-state index in [0.717, 1.165) is 33.7 Å². The molecule has 0 aliphatic carbocycles. The minimum atomic E-state index is -0.530.